The van der Waals surface area contributed by atoms with Crippen molar-refractivity contribution in [3.63, 3.8) is 0 Å². The first-order valence-electron chi connectivity index (χ1n) is 8.48. The number of fused-ring (bicyclic) bond motifs is 1. The fourth-order valence-corrected chi connectivity index (χ4v) is 6.97. The molecule has 0 aliphatic carbocycles. The van der Waals surface area contributed by atoms with Crippen LogP contribution in [0.25, 0.3) is 10.9 Å². The van der Waals surface area contributed by atoms with Crippen LogP contribution in [0.4, 0.5) is 0 Å². The van der Waals surface area contributed by atoms with E-state index in [-0.39, 0.29) is 4.08 Å². The topological polar surface area (TPSA) is 19.0 Å². The Hall–Kier alpha value is -0.840. The van der Waals surface area contributed by atoms with E-state index in [9.17, 15) is 0 Å². The number of aromatic nitrogens is 1. The molecule has 3 heterocycles. The van der Waals surface area contributed by atoms with Crippen LogP contribution in [0.1, 0.15) is 25.0 Å². The number of hydrogen-bond donors (Lipinski definition) is 1. The number of para-hydroxylation sites is 1. The Labute approximate surface area is 147 Å². The molecule has 122 valence electrons. The van der Waals surface area contributed by atoms with Gasteiger partial charge in [0.05, 0.1) is 0 Å². The summed E-state index contributed by atoms with van der Waals surface area (Å²) in [4.78, 5) is 6.18. The Morgan fingerprint density at radius 2 is 2.04 bits per heavy atom. The molecule has 0 bridgehead atoms. The summed E-state index contributed by atoms with van der Waals surface area (Å²) in [5.74, 6) is 2.54. The van der Waals surface area contributed by atoms with Gasteiger partial charge in [-0.2, -0.15) is 0 Å². The minimum atomic E-state index is 0.168. The van der Waals surface area contributed by atoms with Crippen LogP contribution in [0.2, 0.25) is 0 Å². The van der Waals surface area contributed by atoms with Gasteiger partial charge in [0, 0.05) is 24.3 Å². The number of thioether (sulfide) groups is 2. The van der Waals surface area contributed by atoms with Gasteiger partial charge >= 0.3 is 0 Å². The molecule has 0 spiro atoms. The van der Waals surface area contributed by atoms with Crippen LogP contribution in [0.5, 0.6) is 0 Å². The van der Waals surface area contributed by atoms with Crippen LogP contribution in [-0.4, -0.2) is 41.5 Å². The van der Waals surface area contributed by atoms with Crippen molar-refractivity contribution >= 4 is 34.4 Å². The van der Waals surface area contributed by atoms with Crippen molar-refractivity contribution in [2.75, 3.05) is 31.6 Å². The second-order valence-corrected chi connectivity index (χ2v) is 9.69. The van der Waals surface area contributed by atoms with E-state index in [0.717, 1.165) is 6.54 Å². The third-order valence-corrected chi connectivity index (χ3v) is 8.13. The molecule has 1 N–H and O–H groups in total. The lowest BCUT2D eigenvalue weighted by Crippen LogP contribution is -2.30. The number of rotatable bonds is 3. The third-order valence-electron chi connectivity index (χ3n) is 4.78. The van der Waals surface area contributed by atoms with Gasteiger partial charge < -0.3 is 9.88 Å². The lowest BCUT2D eigenvalue weighted by molar-refractivity contribution is 0.349. The Bertz CT molecular complexity index is 680. The summed E-state index contributed by atoms with van der Waals surface area (Å²) in [6, 6.07) is 11.0. The summed E-state index contributed by atoms with van der Waals surface area (Å²) >= 11 is 4.29. The first-order chi connectivity index (χ1) is 11.3. The van der Waals surface area contributed by atoms with Crippen LogP contribution in [0.15, 0.2) is 42.0 Å². The fourth-order valence-electron chi connectivity index (χ4n) is 3.61. The molecule has 1 aromatic heterocycles. The maximum atomic E-state index is 3.72. The van der Waals surface area contributed by atoms with E-state index >= 15 is 0 Å². The molecular weight excluding hydrogens is 320 g/mol. The summed E-state index contributed by atoms with van der Waals surface area (Å²) in [6.45, 7) is 2.33. The molecule has 0 atom stereocenters. The van der Waals surface area contributed by atoms with Gasteiger partial charge in [0.15, 0.2) is 0 Å². The molecule has 0 saturated carbocycles. The highest BCUT2D eigenvalue weighted by molar-refractivity contribution is 8.18. The van der Waals surface area contributed by atoms with Crippen LogP contribution in [0, 0.1) is 0 Å². The molecule has 0 radical (unpaired) electrons. The van der Waals surface area contributed by atoms with E-state index in [2.05, 4.69) is 76.9 Å². The zero-order valence-electron chi connectivity index (χ0n) is 13.7. The first kappa shape index (κ1) is 15.7. The highest BCUT2D eigenvalue weighted by Gasteiger charge is 2.38. The number of nitrogens with zero attached hydrogens (tertiary/aromatic N) is 1. The van der Waals surface area contributed by atoms with E-state index < -0.39 is 0 Å². The lowest BCUT2D eigenvalue weighted by atomic mass is 10.0. The van der Waals surface area contributed by atoms with E-state index in [1.165, 1.54) is 53.9 Å². The van der Waals surface area contributed by atoms with E-state index in [1.807, 2.05) is 0 Å². The molecular formula is C19H24N2S2. The molecule has 1 aromatic carbocycles. The van der Waals surface area contributed by atoms with Crippen LogP contribution in [-0.2, 0) is 4.08 Å². The third kappa shape index (κ3) is 3.21. The maximum Gasteiger partial charge on any atom is 0.105 e. The standard InChI is InChI=1S/C19H24N2S2/c1-21-9-4-6-15(14-21)13-19(22-10-5-11-23-19)18-12-16-7-2-3-8-17(16)20-18/h2-3,6-8,12,20H,4-5,9-11,13-14H2,1H3. The van der Waals surface area contributed by atoms with Crippen molar-refractivity contribution in [2.24, 2.45) is 0 Å². The van der Waals surface area contributed by atoms with Gasteiger partial charge in [0.25, 0.3) is 0 Å². The first-order valence-corrected chi connectivity index (χ1v) is 10.4. The van der Waals surface area contributed by atoms with Gasteiger partial charge in [-0.05, 0) is 55.3 Å². The smallest absolute Gasteiger partial charge is 0.105 e. The largest absolute Gasteiger partial charge is 0.357 e. The predicted molar refractivity (Wildman–Crippen MR) is 104 cm³/mol. The lowest BCUT2D eigenvalue weighted by Gasteiger charge is -2.37. The molecule has 4 heteroatoms. The van der Waals surface area contributed by atoms with Gasteiger partial charge in [-0.25, -0.2) is 0 Å². The highest BCUT2D eigenvalue weighted by atomic mass is 32.2. The molecule has 2 aliphatic heterocycles. The molecule has 2 aromatic rings. The molecule has 0 amide bonds. The molecule has 23 heavy (non-hydrogen) atoms. The normalized spacial score (nSPS) is 22.2. The van der Waals surface area contributed by atoms with Crippen molar-refractivity contribution in [3.8, 4) is 0 Å². The average molecular weight is 345 g/mol. The monoisotopic (exact) mass is 344 g/mol. The zero-order valence-corrected chi connectivity index (χ0v) is 15.3. The molecule has 4 rings (SSSR count). The Kier molecular flexibility index (Phi) is 4.48. The Balaban J connectivity index is 1.69. The maximum absolute atomic E-state index is 3.72. The second kappa shape index (κ2) is 6.58. The van der Waals surface area contributed by atoms with Gasteiger partial charge in [-0.3, -0.25) is 0 Å². The highest BCUT2D eigenvalue weighted by Crippen LogP contribution is 2.54. The van der Waals surface area contributed by atoms with Crippen LogP contribution < -0.4 is 0 Å². The SMILES string of the molecule is CN1CCC=C(CC2(c3cc4ccccc4[nH]3)SCCCS2)C1. The molecule has 2 aliphatic rings. The predicted octanol–water partition coefficient (Wildman–Crippen LogP) is 4.84. The molecule has 1 saturated heterocycles. The van der Waals surface area contributed by atoms with E-state index in [0.29, 0.717) is 0 Å². The number of likely N-dealkylation sites (N-methyl/N-ethyl adjacent to an activating group) is 1. The summed E-state index contributed by atoms with van der Waals surface area (Å²) in [5.41, 5.74) is 4.28. The summed E-state index contributed by atoms with van der Waals surface area (Å²) in [6.07, 6.45) is 6.18. The summed E-state index contributed by atoms with van der Waals surface area (Å²) < 4.78 is 0.168. The Morgan fingerprint density at radius 1 is 1.22 bits per heavy atom. The van der Waals surface area contributed by atoms with Crippen molar-refractivity contribution in [1.82, 2.24) is 9.88 Å². The minimum Gasteiger partial charge on any atom is -0.357 e. The van der Waals surface area contributed by atoms with Crippen LogP contribution >= 0.6 is 23.5 Å². The van der Waals surface area contributed by atoms with E-state index in [4.69, 9.17) is 0 Å². The minimum absolute atomic E-state index is 0.168. The van der Waals surface area contributed by atoms with Crippen molar-refractivity contribution in [1.29, 1.82) is 0 Å². The number of benzene rings is 1. The quantitative estimate of drug-likeness (QED) is 0.804. The van der Waals surface area contributed by atoms with E-state index in [1.54, 1.807) is 5.57 Å². The molecule has 2 nitrogen and oxygen atoms in total. The van der Waals surface area contributed by atoms with Crippen molar-refractivity contribution in [2.45, 2.75) is 23.3 Å². The van der Waals surface area contributed by atoms with Gasteiger partial charge in [0.2, 0.25) is 0 Å². The number of nitrogens with one attached hydrogen (secondary N) is 1. The molecule has 1 fully saturated rings. The average Bonchev–Trinajstić information content (AvgIpc) is 3.00. The van der Waals surface area contributed by atoms with Crippen molar-refractivity contribution in [3.05, 3.63) is 47.7 Å². The summed E-state index contributed by atoms with van der Waals surface area (Å²) in [7, 11) is 2.24. The number of hydrogen-bond acceptors (Lipinski definition) is 3. The van der Waals surface area contributed by atoms with Gasteiger partial charge in [-0.1, -0.05) is 29.8 Å². The van der Waals surface area contributed by atoms with Gasteiger partial charge in [0.1, 0.15) is 4.08 Å². The van der Waals surface area contributed by atoms with Crippen LogP contribution in [0.3, 0.4) is 0 Å². The molecule has 0 unspecified atom stereocenters. The van der Waals surface area contributed by atoms with Crippen molar-refractivity contribution < 1.29 is 0 Å². The Morgan fingerprint density at radius 3 is 2.83 bits per heavy atom. The number of H-pyrrole nitrogens is 1. The zero-order chi connectivity index (χ0) is 15.7. The fraction of sp³-hybridized carbons (Fsp3) is 0.474. The number of aromatic amines is 1. The van der Waals surface area contributed by atoms with Gasteiger partial charge in [-0.15, -0.1) is 23.5 Å². The second-order valence-electron chi connectivity index (χ2n) is 6.64. The summed E-state index contributed by atoms with van der Waals surface area (Å²) in [5, 5.41) is 1.34.